The molecule has 3 aliphatic rings. The van der Waals surface area contributed by atoms with Crippen LogP contribution in [-0.4, -0.2) is 209 Å². The number of nitrogens with two attached hydrogens (primary N) is 1. The van der Waals surface area contributed by atoms with Crippen LogP contribution in [0.4, 0.5) is 15.3 Å². The minimum absolute atomic E-state index is 0.0947. The van der Waals surface area contributed by atoms with Gasteiger partial charge in [0, 0.05) is 90.2 Å². The molecule has 0 aliphatic carbocycles. The molecule has 13 atom stereocenters. The fourth-order valence-electron chi connectivity index (χ4n) is 13.2. The van der Waals surface area contributed by atoms with Gasteiger partial charge in [-0.25, -0.2) is 9.59 Å². The number of nitrogens with one attached hydrogen (secondary N) is 5. The average molecular weight is 1400 g/mol. The van der Waals surface area contributed by atoms with Gasteiger partial charge in [0.2, 0.25) is 35.4 Å². The first-order chi connectivity index (χ1) is 47.3. The van der Waals surface area contributed by atoms with Gasteiger partial charge in [-0.1, -0.05) is 111 Å². The summed E-state index contributed by atoms with van der Waals surface area (Å²) in [6, 6.07) is 8.53. The molecule has 28 nitrogen and oxygen atoms in total. The van der Waals surface area contributed by atoms with Gasteiger partial charge < -0.3 is 61.4 Å². The van der Waals surface area contributed by atoms with Crippen LogP contribution >= 0.6 is 0 Å². The number of primary amides is 1. The Labute approximate surface area is 586 Å². The van der Waals surface area contributed by atoms with Crippen LogP contribution in [-0.2, 0) is 73.6 Å². The fourth-order valence-corrected chi connectivity index (χ4v) is 13.2. The van der Waals surface area contributed by atoms with Crippen molar-refractivity contribution in [2.75, 3.05) is 53.3 Å². The van der Waals surface area contributed by atoms with Gasteiger partial charge >= 0.3 is 12.1 Å². The number of methoxy groups -OCH3 is 2. The molecular formula is C72H105N11O17. The number of amides is 13. The van der Waals surface area contributed by atoms with Crippen LogP contribution in [0.15, 0.2) is 78.9 Å². The predicted molar refractivity (Wildman–Crippen MR) is 370 cm³/mol. The lowest BCUT2D eigenvalue weighted by atomic mass is 9.89. The van der Waals surface area contributed by atoms with E-state index in [2.05, 4.69) is 26.6 Å². The molecule has 28 heteroatoms. The number of benzene rings is 2. The predicted octanol–water partition coefficient (Wildman–Crippen LogP) is 4.68. The minimum atomic E-state index is -1.11. The first kappa shape index (κ1) is 81.8. The Hall–Kier alpha value is -8.89. The summed E-state index contributed by atoms with van der Waals surface area (Å²) in [7, 11) is 6.04. The number of Topliss-reactive ketones (excluding diaryl/α,β-unsaturated/α-hetero) is 1. The Morgan fingerprint density at radius 1 is 0.700 bits per heavy atom. The quantitative estimate of drug-likeness (QED) is 0.0353. The second-order valence-electron chi connectivity index (χ2n) is 27.3. The summed E-state index contributed by atoms with van der Waals surface area (Å²) in [6.45, 7) is 17.8. The molecule has 2 aromatic rings. The van der Waals surface area contributed by atoms with E-state index in [1.54, 1.807) is 104 Å². The number of nitrogens with zero attached hydrogens (tertiary/aromatic N) is 5. The Morgan fingerprint density at radius 3 is 1.87 bits per heavy atom. The number of ether oxygens (including phenoxy) is 3. The van der Waals surface area contributed by atoms with Gasteiger partial charge in [0.05, 0.1) is 67.4 Å². The molecule has 3 aliphatic heterocycles. The molecule has 1 saturated heterocycles. The topological polar surface area (TPSA) is 372 Å². The van der Waals surface area contributed by atoms with Crippen molar-refractivity contribution in [3.05, 3.63) is 90.0 Å². The summed E-state index contributed by atoms with van der Waals surface area (Å²) in [5.41, 5.74) is 6.75. The zero-order valence-corrected chi connectivity index (χ0v) is 60.2. The number of likely N-dealkylation sites (tertiary alicyclic amines) is 1. The van der Waals surface area contributed by atoms with Gasteiger partial charge in [-0.3, -0.25) is 67.4 Å². The summed E-state index contributed by atoms with van der Waals surface area (Å²) in [4.78, 5) is 181. The van der Waals surface area contributed by atoms with Crippen molar-refractivity contribution in [2.24, 2.45) is 41.2 Å². The Morgan fingerprint density at radius 2 is 1.31 bits per heavy atom. The zero-order chi connectivity index (χ0) is 74.4. The largest absolute Gasteiger partial charge is 0.445 e. The lowest BCUT2D eigenvalue weighted by molar-refractivity contribution is -0.148. The van der Waals surface area contributed by atoms with E-state index in [0.29, 0.717) is 42.6 Å². The van der Waals surface area contributed by atoms with Crippen molar-refractivity contribution in [3.8, 4) is 0 Å². The second kappa shape index (κ2) is 38.6. The maximum absolute atomic E-state index is 14.8. The number of hydrogen-bond acceptors (Lipinski definition) is 17. The molecule has 0 bridgehead atoms. The number of carbonyl (C=O) groups is 13. The Balaban J connectivity index is 1.19. The molecule has 0 spiro atoms. The molecule has 13 amide bonds. The molecule has 3 heterocycles. The van der Waals surface area contributed by atoms with Gasteiger partial charge in [-0.15, -0.1) is 0 Å². The molecule has 100 heavy (non-hydrogen) atoms. The molecule has 2 aromatic carbocycles. The summed E-state index contributed by atoms with van der Waals surface area (Å²) in [5, 5.41) is 24.8. The van der Waals surface area contributed by atoms with Gasteiger partial charge in [-0.05, 0) is 86.0 Å². The monoisotopic (exact) mass is 1400 g/mol. The van der Waals surface area contributed by atoms with E-state index in [9.17, 15) is 67.4 Å². The number of aliphatic hydroxyl groups is 1. The number of likely N-dealkylation sites (N-methyl/N-ethyl adjacent to an activating group) is 2. The van der Waals surface area contributed by atoms with E-state index in [4.69, 9.17) is 19.9 Å². The summed E-state index contributed by atoms with van der Waals surface area (Å²) in [5.74, 6) is -9.17. The van der Waals surface area contributed by atoms with Crippen molar-refractivity contribution >= 4 is 82.7 Å². The van der Waals surface area contributed by atoms with Crippen LogP contribution in [0.3, 0.4) is 0 Å². The third-order valence-electron chi connectivity index (χ3n) is 19.0. The number of anilines is 1. The minimum Gasteiger partial charge on any atom is -0.445 e. The van der Waals surface area contributed by atoms with E-state index < -0.39 is 155 Å². The zero-order valence-electron chi connectivity index (χ0n) is 60.2. The van der Waals surface area contributed by atoms with Crippen molar-refractivity contribution in [3.63, 3.8) is 0 Å². The highest BCUT2D eigenvalue weighted by molar-refractivity contribution is 6.14. The number of aliphatic hydroxyl groups excluding tert-OH is 1. The molecular weight excluding hydrogens is 1290 g/mol. The van der Waals surface area contributed by atoms with Crippen LogP contribution in [0.25, 0.3) is 0 Å². The van der Waals surface area contributed by atoms with Crippen LogP contribution in [0.2, 0.25) is 0 Å². The van der Waals surface area contributed by atoms with E-state index in [1.807, 2.05) is 32.0 Å². The normalized spacial score (nSPS) is 18.1. The molecule has 0 saturated carbocycles. The van der Waals surface area contributed by atoms with Crippen molar-refractivity contribution < 1.29 is 81.6 Å². The summed E-state index contributed by atoms with van der Waals surface area (Å²) >= 11 is 0. The lowest BCUT2D eigenvalue weighted by Gasteiger charge is -2.41. The Bertz CT molecular complexity index is 3230. The number of imide groups is 2. The fraction of sp³-hybridized carbons (Fsp3) is 0.597. The third-order valence-corrected chi connectivity index (χ3v) is 19.0. The van der Waals surface area contributed by atoms with Gasteiger partial charge in [-0.2, -0.15) is 0 Å². The first-order valence-electron chi connectivity index (χ1n) is 34.5. The lowest BCUT2D eigenvalue weighted by Crippen LogP contribution is -2.60. The number of urea groups is 1. The van der Waals surface area contributed by atoms with E-state index >= 15 is 0 Å². The average Bonchev–Trinajstić information content (AvgIpc) is 1.45. The number of ketones is 1. The second-order valence-corrected chi connectivity index (χ2v) is 27.3. The summed E-state index contributed by atoms with van der Waals surface area (Å²) < 4.78 is 17.8. The number of hydrogen-bond donors (Lipinski definition) is 7. The van der Waals surface area contributed by atoms with E-state index in [1.165, 1.54) is 26.2 Å². The van der Waals surface area contributed by atoms with Crippen LogP contribution in [0.1, 0.15) is 144 Å². The van der Waals surface area contributed by atoms with Crippen LogP contribution in [0, 0.1) is 35.5 Å². The first-order valence-corrected chi connectivity index (χ1v) is 34.5. The van der Waals surface area contributed by atoms with E-state index in [0.717, 1.165) is 39.0 Å². The molecule has 550 valence electrons. The van der Waals surface area contributed by atoms with Crippen molar-refractivity contribution in [1.82, 2.24) is 45.8 Å². The smallest absolute Gasteiger partial charge is 0.410 e. The molecule has 0 aromatic heterocycles. The number of carbonyl (C=O) groups excluding carboxylic acids is 13. The standard InChI is InChI=1S/C72H105N11O17/c1-15-44(8)64(54(98-13)38-60(90)81-36-20-24-52(81)66(99-14)45(9)67(92)75-46(10)65(91)48-21-17-16-18-22-48)79(11)70(95)62(42(4)5)78-69(94)63(43(6)7)80(12)72(97)100-40-47-25-27-50(28-26-47)76-68(93)49(23-19-35-74-71(73)96)37-53(84)61(41(2)3)77-55(85)30-29-51(83-58(88)33-34-59(83)89)39-82-56(86)31-32-57(82)87/h16-18,21-22,25-28,31-34,41-46,49,51-52,54,61-66,91H,15,19-20,23-24,29-30,35-40H2,1-14H3,(H,75,92)(H,76,93)(H,77,85)(H,78,94)(H3,73,74,96)/t44-,45+,46+,49+,51?,52-,54+,61-,62-,63-,64-,65+,66+/m0/s1. The van der Waals surface area contributed by atoms with Crippen LogP contribution < -0.4 is 32.3 Å². The molecule has 0 radical (unpaired) electrons. The third kappa shape index (κ3) is 22.3. The van der Waals surface area contributed by atoms with Gasteiger partial charge in [0.25, 0.3) is 23.6 Å². The van der Waals surface area contributed by atoms with Crippen molar-refractivity contribution in [1.29, 1.82) is 0 Å². The Kier molecular flexibility index (Phi) is 31.6. The van der Waals surface area contributed by atoms with Gasteiger partial charge in [0.15, 0.2) is 5.78 Å². The van der Waals surface area contributed by atoms with Gasteiger partial charge in [0.1, 0.15) is 18.7 Å². The highest BCUT2D eigenvalue weighted by Crippen LogP contribution is 2.31. The van der Waals surface area contributed by atoms with Crippen molar-refractivity contribution in [2.45, 2.75) is 194 Å². The maximum atomic E-state index is 14.8. The van der Waals surface area contributed by atoms with Crippen LogP contribution in [0.5, 0.6) is 0 Å². The highest BCUT2D eigenvalue weighted by Gasteiger charge is 2.45. The molecule has 1 fully saturated rings. The highest BCUT2D eigenvalue weighted by atomic mass is 16.6. The molecule has 1 unspecified atom stereocenters. The maximum Gasteiger partial charge on any atom is 0.410 e. The summed E-state index contributed by atoms with van der Waals surface area (Å²) in [6.07, 6.45) is 2.25. The number of rotatable bonds is 39. The van der Waals surface area contributed by atoms with E-state index in [-0.39, 0.29) is 76.0 Å². The molecule has 5 rings (SSSR count). The SMILES string of the molecule is CC[C@H](C)[C@@H]([C@@H](CC(=O)N1CCC[C@H]1[C@H](OC)[C@@H](C)C(=O)N[C@H](C)[C@@H](O)c1ccccc1)OC)N(C)C(=O)[C@@H](NC(=O)[C@H](C(C)C)N(C)C(=O)OCc1ccc(NC(=O)[C@H](CCCNC(N)=O)CC(=O)[C@@H](NC(=O)CCC(CN2C(=O)C=CC2=O)N2C(=O)C=CC2=O)C(C)C)cc1)C(C)C. The molecule has 8 N–H and O–H groups in total.